The molecule has 0 unspecified atom stereocenters. The Labute approximate surface area is 221 Å². The number of halogens is 3. The van der Waals surface area contributed by atoms with Gasteiger partial charge in [0.05, 0.1) is 29.6 Å². The lowest BCUT2D eigenvalue weighted by Crippen LogP contribution is -2.48. The fourth-order valence-corrected chi connectivity index (χ4v) is 4.91. The lowest BCUT2D eigenvalue weighted by Gasteiger charge is -2.34. The molecule has 0 spiro atoms. The summed E-state index contributed by atoms with van der Waals surface area (Å²) in [6.07, 6.45) is -1.26. The molecule has 1 fully saturated rings. The number of rotatable bonds is 5. The van der Waals surface area contributed by atoms with Crippen molar-refractivity contribution in [3.63, 3.8) is 0 Å². The summed E-state index contributed by atoms with van der Waals surface area (Å²) in [5.74, 6) is 0.583. The zero-order chi connectivity index (χ0) is 27.9. The second-order valence-corrected chi connectivity index (χ2v) is 9.53. The number of benzene rings is 2. The lowest BCUT2D eigenvalue weighted by atomic mass is 10.0. The van der Waals surface area contributed by atoms with E-state index in [1.54, 1.807) is 42.4 Å². The highest BCUT2D eigenvalue weighted by molar-refractivity contribution is 5.84. The number of aliphatic hydroxyl groups excluding tert-OH is 1. The third-order valence-corrected chi connectivity index (χ3v) is 7.12. The Kier molecular flexibility index (Phi) is 6.89. The molecule has 3 heterocycles. The number of hydrogen-bond donors (Lipinski definition) is 1. The van der Waals surface area contributed by atoms with E-state index in [0.717, 1.165) is 6.07 Å². The van der Waals surface area contributed by atoms with Crippen molar-refractivity contribution >= 4 is 22.8 Å². The van der Waals surface area contributed by atoms with Gasteiger partial charge in [-0.05, 0) is 34.9 Å². The Bertz CT molecular complexity index is 1590. The normalized spacial score (nSPS) is 14.3. The summed E-state index contributed by atoms with van der Waals surface area (Å²) in [5, 5.41) is 9.85. The quantitative estimate of drug-likeness (QED) is 0.418. The van der Waals surface area contributed by atoms with E-state index in [-0.39, 0.29) is 23.6 Å². The molecule has 2 aromatic heterocycles. The highest BCUT2D eigenvalue weighted by Crippen LogP contribution is 2.33. The molecule has 1 aliphatic heterocycles. The van der Waals surface area contributed by atoms with Gasteiger partial charge in [0, 0.05) is 58.1 Å². The summed E-state index contributed by atoms with van der Waals surface area (Å²) in [7, 11) is 1.51. The topological polar surface area (TPSA) is 96.5 Å². The highest BCUT2D eigenvalue weighted by Gasteiger charge is 2.33. The van der Waals surface area contributed by atoms with Crippen LogP contribution in [0.15, 0.2) is 53.6 Å². The van der Waals surface area contributed by atoms with Crippen molar-refractivity contribution in [2.75, 3.05) is 31.1 Å². The third kappa shape index (κ3) is 5.11. The van der Waals surface area contributed by atoms with E-state index in [1.807, 2.05) is 4.90 Å². The van der Waals surface area contributed by atoms with E-state index in [0.29, 0.717) is 59.7 Å². The number of anilines is 1. The number of aliphatic hydroxyl groups is 1. The molecule has 39 heavy (non-hydrogen) atoms. The van der Waals surface area contributed by atoms with Gasteiger partial charge < -0.3 is 14.9 Å². The van der Waals surface area contributed by atoms with Crippen molar-refractivity contribution < 1.29 is 23.1 Å². The van der Waals surface area contributed by atoms with Crippen LogP contribution in [0.25, 0.3) is 22.0 Å². The minimum absolute atomic E-state index is 0.0384. The Morgan fingerprint density at radius 2 is 1.69 bits per heavy atom. The van der Waals surface area contributed by atoms with Crippen LogP contribution in [0.3, 0.4) is 0 Å². The van der Waals surface area contributed by atoms with E-state index >= 15 is 0 Å². The Hall–Kier alpha value is -4.19. The minimum Gasteiger partial charge on any atom is -0.392 e. The van der Waals surface area contributed by atoms with Crippen LogP contribution in [0.1, 0.15) is 23.6 Å². The largest absolute Gasteiger partial charge is 0.416 e. The predicted molar refractivity (Wildman–Crippen MR) is 139 cm³/mol. The van der Waals surface area contributed by atoms with E-state index in [2.05, 4.69) is 9.97 Å². The van der Waals surface area contributed by atoms with Crippen molar-refractivity contribution in [1.29, 1.82) is 0 Å². The molecular formula is C27H27F3N6O3. The van der Waals surface area contributed by atoms with Gasteiger partial charge >= 0.3 is 6.18 Å². The van der Waals surface area contributed by atoms with Crippen LogP contribution < -0.4 is 10.5 Å². The Morgan fingerprint density at radius 1 is 1.00 bits per heavy atom. The van der Waals surface area contributed by atoms with Gasteiger partial charge in [-0.15, -0.1) is 0 Å². The van der Waals surface area contributed by atoms with Crippen LogP contribution in [0.4, 0.5) is 19.1 Å². The van der Waals surface area contributed by atoms with Crippen molar-refractivity contribution in [3.8, 4) is 11.1 Å². The molecule has 12 heteroatoms. The number of carbonyl (C=O) groups is 1. The summed E-state index contributed by atoms with van der Waals surface area (Å²) < 4.78 is 44.0. The molecule has 0 radical (unpaired) electrons. The summed E-state index contributed by atoms with van der Waals surface area (Å²) in [6.45, 7) is 3.37. The number of carbonyl (C=O) groups excluding carboxylic acids is 1. The van der Waals surface area contributed by atoms with Crippen molar-refractivity contribution in [2.45, 2.75) is 26.3 Å². The van der Waals surface area contributed by atoms with Crippen LogP contribution in [0.5, 0.6) is 0 Å². The predicted octanol–water partition coefficient (Wildman–Crippen LogP) is 3.02. The molecule has 0 atom stereocenters. The van der Waals surface area contributed by atoms with Gasteiger partial charge in [0.25, 0.3) is 5.56 Å². The molecule has 1 amide bonds. The van der Waals surface area contributed by atoms with Crippen molar-refractivity contribution in [1.82, 2.24) is 24.2 Å². The van der Waals surface area contributed by atoms with Crippen molar-refractivity contribution in [3.05, 3.63) is 75.8 Å². The second-order valence-electron chi connectivity index (χ2n) is 9.53. The first kappa shape index (κ1) is 26.4. The molecule has 2 aromatic carbocycles. The van der Waals surface area contributed by atoms with Crippen LogP contribution in [-0.4, -0.2) is 61.4 Å². The van der Waals surface area contributed by atoms with Crippen LogP contribution in [-0.2, 0) is 31.2 Å². The minimum atomic E-state index is -4.59. The number of nitrogens with zero attached hydrogens (tertiary/aromatic N) is 6. The van der Waals surface area contributed by atoms with Gasteiger partial charge in [-0.3, -0.25) is 19.0 Å². The SMILES string of the molecule is CC(=O)N1CCN(c2ncc(-c3ccc4c(=O)n(C)n(Cc5cc(CO)ccc5C(F)(F)F)c4c3)cn2)CC1. The average molecular weight is 541 g/mol. The maximum Gasteiger partial charge on any atom is 0.416 e. The Morgan fingerprint density at radius 3 is 2.31 bits per heavy atom. The molecule has 1 N–H and O–H groups in total. The molecule has 0 saturated carbocycles. The van der Waals surface area contributed by atoms with Gasteiger partial charge in [-0.2, -0.15) is 13.2 Å². The molecular weight excluding hydrogens is 513 g/mol. The number of hydrogen-bond acceptors (Lipinski definition) is 6. The number of fused-ring (bicyclic) bond motifs is 1. The number of alkyl halides is 3. The first-order chi connectivity index (χ1) is 18.6. The zero-order valence-corrected chi connectivity index (χ0v) is 21.4. The smallest absolute Gasteiger partial charge is 0.392 e. The average Bonchev–Trinajstić information content (AvgIpc) is 3.16. The molecule has 4 aromatic rings. The summed E-state index contributed by atoms with van der Waals surface area (Å²) in [5.41, 5.74) is 0.994. The molecule has 0 bridgehead atoms. The first-order valence-corrected chi connectivity index (χ1v) is 12.4. The first-order valence-electron chi connectivity index (χ1n) is 12.4. The van der Waals surface area contributed by atoms with Crippen molar-refractivity contribution in [2.24, 2.45) is 7.05 Å². The molecule has 9 nitrogen and oxygen atoms in total. The summed E-state index contributed by atoms with van der Waals surface area (Å²) in [6, 6.07) is 8.65. The van der Waals surface area contributed by atoms with Gasteiger partial charge in [0.2, 0.25) is 11.9 Å². The van der Waals surface area contributed by atoms with E-state index in [1.165, 1.54) is 28.5 Å². The van der Waals surface area contributed by atoms with Crippen LogP contribution in [0, 0.1) is 0 Å². The fourth-order valence-electron chi connectivity index (χ4n) is 4.91. The molecule has 204 valence electrons. The van der Waals surface area contributed by atoms with Crippen LogP contribution in [0.2, 0.25) is 0 Å². The monoisotopic (exact) mass is 540 g/mol. The summed E-state index contributed by atoms with van der Waals surface area (Å²) >= 11 is 0. The number of piperazine rings is 1. The summed E-state index contributed by atoms with van der Waals surface area (Å²) in [4.78, 5) is 37.2. The molecule has 5 rings (SSSR count). The molecule has 0 aliphatic carbocycles. The highest BCUT2D eigenvalue weighted by atomic mass is 19.4. The lowest BCUT2D eigenvalue weighted by molar-refractivity contribution is -0.138. The standard InChI is InChI=1S/C27H27F3N6O3/c1-17(38)34-7-9-35(10-8-34)26-31-13-21(14-32-26)19-4-5-22-24(12-19)36(33(2)25(22)39)15-20-11-18(16-37)3-6-23(20)27(28,29)30/h3-6,11-14,37H,7-10,15-16H2,1-2H3. The van der Waals surface area contributed by atoms with E-state index in [4.69, 9.17) is 0 Å². The van der Waals surface area contributed by atoms with E-state index < -0.39 is 18.3 Å². The van der Waals surface area contributed by atoms with Gasteiger partial charge in [0.15, 0.2) is 0 Å². The van der Waals surface area contributed by atoms with Gasteiger partial charge in [-0.25, -0.2) is 9.97 Å². The third-order valence-electron chi connectivity index (χ3n) is 7.12. The van der Waals surface area contributed by atoms with E-state index in [9.17, 15) is 27.9 Å². The Balaban J connectivity index is 1.48. The molecule has 1 aliphatic rings. The fraction of sp³-hybridized carbons (Fsp3) is 0.333. The zero-order valence-electron chi connectivity index (χ0n) is 21.4. The maximum absolute atomic E-state index is 13.7. The maximum atomic E-state index is 13.7. The van der Waals surface area contributed by atoms with Gasteiger partial charge in [-0.1, -0.05) is 18.2 Å². The second kappa shape index (κ2) is 10.2. The number of amides is 1. The number of aromatic nitrogens is 4. The molecule has 1 saturated heterocycles. The van der Waals surface area contributed by atoms with Gasteiger partial charge in [0.1, 0.15) is 0 Å². The van der Waals surface area contributed by atoms with Crippen LogP contribution >= 0.6 is 0 Å².